The summed E-state index contributed by atoms with van der Waals surface area (Å²) in [6.45, 7) is 0. The van der Waals surface area contributed by atoms with Gasteiger partial charge in [0.25, 0.3) is 5.91 Å². The second-order valence-corrected chi connectivity index (χ2v) is 4.56. The number of hydrogen-bond donors (Lipinski definition) is 2. The highest BCUT2D eigenvalue weighted by Gasteiger charge is 2.31. The molecule has 6 nitrogen and oxygen atoms in total. The lowest BCUT2D eigenvalue weighted by molar-refractivity contribution is -0.129. The maximum Gasteiger partial charge on any atom is 0.353 e. The molecule has 0 fully saturated rings. The third-order valence-electron chi connectivity index (χ3n) is 2.30. The first-order chi connectivity index (χ1) is 8.56. The Morgan fingerprint density at radius 3 is 2.89 bits per heavy atom. The second-order valence-electron chi connectivity index (χ2n) is 3.64. The van der Waals surface area contributed by atoms with Crippen molar-refractivity contribution in [2.45, 2.75) is 12.5 Å². The van der Waals surface area contributed by atoms with Crippen LogP contribution in [0, 0.1) is 0 Å². The Morgan fingerprint density at radius 2 is 2.28 bits per heavy atom. The molecule has 0 saturated heterocycles. The number of hydrogen-bond acceptors (Lipinski definition) is 4. The number of amides is 1. The van der Waals surface area contributed by atoms with Crippen molar-refractivity contribution in [3.8, 4) is 0 Å². The number of rotatable bonds is 3. The van der Waals surface area contributed by atoms with Crippen LogP contribution >= 0.6 is 15.9 Å². The van der Waals surface area contributed by atoms with E-state index in [2.05, 4.69) is 26.4 Å². The van der Waals surface area contributed by atoms with Gasteiger partial charge in [0.2, 0.25) is 6.10 Å². The summed E-state index contributed by atoms with van der Waals surface area (Å²) in [4.78, 5) is 27.2. The average Bonchev–Trinajstić information content (AvgIpc) is 2.78. The van der Waals surface area contributed by atoms with Crippen molar-refractivity contribution in [3.63, 3.8) is 0 Å². The molecule has 7 heteroatoms. The van der Waals surface area contributed by atoms with E-state index in [-0.39, 0.29) is 12.1 Å². The Balaban J connectivity index is 1.96. The highest BCUT2D eigenvalue weighted by atomic mass is 79.9. The van der Waals surface area contributed by atoms with Crippen molar-refractivity contribution < 1.29 is 19.5 Å². The monoisotopic (exact) mass is 312 g/mol. The number of carboxylic acid groups (broad SMARTS) is 1. The third-order valence-corrected chi connectivity index (χ3v) is 2.79. The number of halogens is 1. The van der Waals surface area contributed by atoms with Crippen molar-refractivity contribution in [1.29, 1.82) is 0 Å². The largest absolute Gasteiger partial charge is 0.477 e. The minimum Gasteiger partial charge on any atom is -0.477 e. The van der Waals surface area contributed by atoms with Gasteiger partial charge in [-0.15, -0.1) is 0 Å². The van der Waals surface area contributed by atoms with E-state index in [0.717, 1.165) is 4.47 Å². The molecule has 1 unspecified atom stereocenters. The van der Waals surface area contributed by atoms with Crippen LogP contribution in [0.2, 0.25) is 0 Å². The fourth-order valence-electron chi connectivity index (χ4n) is 1.43. The molecule has 1 amide bonds. The van der Waals surface area contributed by atoms with Crippen LogP contribution in [0.25, 0.3) is 0 Å². The quantitative estimate of drug-likeness (QED) is 0.887. The Hall–Kier alpha value is -1.89. The lowest BCUT2D eigenvalue weighted by atomic mass is 10.1. The first-order valence-corrected chi connectivity index (χ1v) is 5.88. The van der Waals surface area contributed by atoms with Crippen molar-refractivity contribution in [2.24, 2.45) is 5.16 Å². The SMILES string of the molecule is O=C(O)C1=NOC(C(=O)Nc2cccc(Br)c2)C1. The zero-order valence-electron chi connectivity index (χ0n) is 9.09. The van der Waals surface area contributed by atoms with Gasteiger partial charge in [-0.1, -0.05) is 27.2 Å². The number of aliphatic carboxylic acids is 1. The van der Waals surface area contributed by atoms with E-state index >= 15 is 0 Å². The summed E-state index contributed by atoms with van der Waals surface area (Å²) in [6.07, 6.45) is -0.926. The van der Waals surface area contributed by atoms with Gasteiger partial charge in [-0.05, 0) is 18.2 Å². The van der Waals surface area contributed by atoms with E-state index in [0.29, 0.717) is 5.69 Å². The summed E-state index contributed by atoms with van der Waals surface area (Å²) in [6, 6.07) is 7.05. The van der Waals surface area contributed by atoms with Gasteiger partial charge >= 0.3 is 5.97 Å². The molecule has 1 aliphatic rings. The van der Waals surface area contributed by atoms with Crippen LogP contribution in [-0.4, -0.2) is 28.8 Å². The van der Waals surface area contributed by atoms with Crippen molar-refractivity contribution in [1.82, 2.24) is 0 Å². The summed E-state index contributed by atoms with van der Waals surface area (Å²) < 4.78 is 0.829. The molecule has 1 aromatic rings. The molecule has 2 rings (SSSR count). The predicted molar refractivity (Wildman–Crippen MR) is 67.3 cm³/mol. The molecule has 1 atom stereocenters. The minimum atomic E-state index is -1.17. The van der Waals surface area contributed by atoms with E-state index in [9.17, 15) is 9.59 Å². The summed E-state index contributed by atoms with van der Waals surface area (Å²) in [7, 11) is 0. The lowest BCUT2D eigenvalue weighted by Gasteiger charge is -2.09. The van der Waals surface area contributed by atoms with Crippen LogP contribution in [0.1, 0.15) is 6.42 Å². The highest BCUT2D eigenvalue weighted by Crippen LogP contribution is 2.18. The molecule has 2 N–H and O–H groups in total. The Labute approximate surface area is 111 Å². The van der Waals surface area contributed by atoms with Crippen LogP contribution in [0.4, 0.5) is 5.69 Å². The topological polar surface area (TPSA) is 88.0 Å². The van der Waals surface area contributed by atoms with E-state index < -0.39 is 18.0 Å². The first kappa shape index (κ1) is 12.6. The number of carbonyl (C=O) groups is 2. The van der Waals surface area contributed by atoms with Gasteiger partial charge < -0.3 is 15.3 Å². The van der Waals surface area contributed by atoms with Crippen molar-refractivity contribution in [3.05, 3.63) is 28.7 Å². The van der Waals surface area contributed by atoms with Gasteiger partial charge in [0, 0.05) is 16.6 Å². The number of carboxylic acids is 1. The van der Waals surface area contributed by atoms with Gasteiger partial charge in [0.15, 0.2) is 5.71 Å². The molecule has 94 valence electrons. The normalized spacial score (nSPS) is 17.8. The average molecular weight is 313 g/mol. The molecule has 1 aliphatic heterocycles. The number of benzene rings is 1. The maximum absolute atomic E-state index is 11.8. The minimum absolute atomic E-state index is 0.0326. The van der Waals surface area contributed by atoms with E-state index in [1.165, 1.54) is 0 Å². The predicted octanol–water partition coefficient (Wildman–Crippen LogP) is 1.62. The van der Waals surface area contributed by atoms with Crippen LogP contribution in [0.5, 0.6) is 0 Å². The van der Waals surface area contributed by atoms with Gasteiger partial charge in [0.1, 0.15) is 0 Å². The standard InChI is InChI=1S/C11H9BrN2O4/c12-6-2-1-3-7(4-6)13-10(15)9-5-8(11(16)17)14-18-9/h1-4,9H,5H2,(H,13,15)(H,16,17). The molecule has 1 heterocycles. The number of anilines is 1. The Morgan fingerprint density at radius 1 is 1.50 bits per heavy atom. The summed E-state index contributed by atoms with van der Waals surface area (Å²) >= 11 is 3.28. The smallest absolute Gasteiger partial charge is 0.353 e. The second kappa shape index (κ2) is 5.18. The van der Waals surface area contributed by atoms with Gasteiger partial charge in [-0.25, -0.2) is 4.79 Å². The Kier molecular flexibility index (Phi) is 3.61. The molecule has 0 aliphatic carbocycles. The van der Waals surface area contributed by atoms with Gasteiger partial charge in [-0.3, -0.25) is 4.79 Å². The summed E-state index contributed by atoms with van der Waals surface area (Å²) in [5, 5.41) is 14.7. The van der Waals surface area contributed by atoms with Crippen LogP contribution in [0.15, 0.2) is 33.9 Å². The summed E-state index contributed by atoms with van der Waals surface area (Å²) in [5.41, 5.74) is 0.450. The van der Waals surface area contributed by atoms with Gasteiger partial charge in [0.05, 0.1) is 0 Å². The van der Waals surface area contributed by atoms with Crippen LogP contribution in [-0.2, 0) is 14.4 Å². The molecule has 0 bridgehead atoms. The summed E-state index contributed by atoms with van der Waals surface area (Å²) in [5.74, 6) is -1.60. The third kappa shape index (κ3) is 2.86. The first-order valence-electron chi connectivity index (χ1n) is 5.08. The fourth-order valence-corrected chi connectivity index (χ4v) is 1.83. The van der Waals surface area contributed by atoms with Crippen molar-refractivity contribution >= 4 is 39.2 Å². The van der Waals surface area contributed by atoms with Crippen LogP contribution < -0.4 is 5.32 Å². The molecular formula is C11H9BrN2O4. The lowest BCUT2D eigenvalue weighted by Crippen LogP contribution is -2.28. The number of oxime groups is 1. The van der Waals surface area contributed by atoms with Gasteiger partial charge in [-0.2, -0.15) is 0 Å². The van der Waals surface area contributed by atoms with E-state index in [4.69, 9.17) is 9.94 Å². The van der Waals surface area contributed by atoms with Crippen LogP contribution in [0.3, 0.4) is 0 Å². The molecule has 0 spiro atoms. The molecule has 18 heavy (non-hydrogen) atoms. The molecule has 0 radical (unpaired) electrons. The maximum atomic E-state index is 11.8. The van der Waals surface area contributed by atoms with Crippen molar-refractivity contribution in [2.75, 3.05) is 5.32 Å². The number of nitrogens with zero attached hydrogens (tertiary/aromatic N) is 1. The fraction of sp³-hybridized carbons (Fsp3) is 0.182. The Bertz CT molecular complexity index is 530. The molecule has 0 aromatic heterocycles. The molecule has 1 aromatic carbocycles. The molecular weight excluding hydrogens is 304 g/mol. The zero-order valence-corrected chi connectivity index (χ0v) is 10.7. The molecule has 0 saturated carbocycles. The highest BCUT2D eigenvalue weighted by molar-refractivity contribution is 9.10. The van der Waals surface area contributed by atoms with E-state index in [1.807, 2.05) is 6.07 Å². The number of carbonyl (C=O) groups excluding carboxylic acids is 1. The van der Waals surface area contributed by atoms with E-state index in [1.54, 1.807) is 18.2 Å². The zero-order chi connectivity index (χ0) is 13.1. The number of nitrogens with one attached hydrogen (secondary N) is 1.